The molecule has 1 amide bonds. The van der Waals surface area contributed by atoms with Crippen molar-refractivity contribution in [2.45, 2.75) is 46.2 Å². The highest BCUT2D eigenvalue weighted by Gasteiger charge is 2.41. The van der Waals surface area contributed by atoms with Crippen LogP contribution >= 0.6 is 12.2 Å². The van der Waals surface area contributed by atoms with Gasteiger partial charge in [-0.25, -0.2) is 4.39 Å². The van der Waals surface area contributed by atoms with Gasteiger partial charge in [0.25, 0.3) is 0 Å². The number of pyridine rings is 1. The highest BCUT2D eigenvalue weighted by Crippen LogP contribution is 2.41. The molecule has 2 N–H and O–H groups in total. The molecule has 1 aliphatic heterocycles. The fraction of sp³-hybridized carbons (Fsp3) is 0.258. The molecule has 2 aromatic heterocycles. The standard InChI is InChI=1S/C31H32FN5OS/c1-19-11-12-20(2)27(16-19)34-28(38)13-15-36-30(29(35-31(36)39)26-10-5-6-14-33-26)25-17-21(3)37(22(25)4)24-9-7-8-23(32)18-24/h5-12,14,16-18,29-30H,13,15H2,1-4H3,(H,34,38)(H,35,39)/t29-,30-/m1/s1. The summed E-state index contributed by atoms with van der Waals surface area (Å²) < 4.78 is 16.2. The van der Waals surface area contributed by atoms with Gasteiger partial charge in [-0.1, -0.05) is 24.3 Å². The van der Waals surface area contributed by atoms with Gasteiger partial charge in [-0.3, -0.25) is 9.78 Å². The lowest BCUT2D eigenvalue weighted by molar-refractivity contribution is -0.116. The molecule has 1 fully saturated rings. The van der Waals surface area contributed by atoms with E-state index >= 15 is 0 Å². The van der Waals surface area contributed by atoms with Crippen molar-refractivity contribution in [2.24, 2.45) is 0 Å². The van der Waals surface area contributed by atoms with Crippen LogP contribution in [0.3, 0.4) is 0 Å². The highest BCUT2D eigenvalue weighted by molar-refractivity contribution is 7.80. The summed E-state index contributed by atoms with van der Waals surface area (Å²) in [5.41, 5.74) is 7.58. The van der Waals surface area contributed by atoms with Crippen LogP contribution in [0.2, 0.25) is 0 Å². The fourth-order valence-electron chi connectivity index (χ4n) is 5.39. The Morgan fingerprint density at radius 2 is 1.87 bits per heavy atom. The van der Waals surface area contributed by atoms with E-state index in [1.165, 1.54) is 12.1 Å². The monoisotopic (exact) mass is 541 g/mol. The number of thiocarbonyl (C=S) groups is 1. The Balaban J connectivity index is 1.47. The molecule has 0 unspecified atom stereocenters. The molecule has 1 aliphatic rings. The van der Waals surface area contributed by atoms with E-state index in [1.807, 2.05) is 70.2 Å². The zero-order valence-corrected chi connectivity index (χ0v) is 23.3. The smallest absolute Gasteiger partial charge is 0.226 e. The summed E-state index contributed by atoms with van der Waals surface area (Å²) in [5.74, 6) is -0.357. The molecule has 2 aromatic carbocycles. The molecule has 1 saturated heterocycles. The molecule has 0 aliphatic carbocycles. The van der Waals surface area contributed by atoms with Crippen LogP contribution in [0.5, 0.6) is 0 Å². The normalized spacial score (nSPS) is 16.8. The number of anilines is 1. The van der Waals surface area contributed by atoms with Gasteiger partial charge in [0.05, 0.1) is 17.8 Å². The lowest BCUT2D eigenvalue weighted by Gasteiger charge is -2.28. The number of benzene rings is 2. The number of rotatable bonds is 7. The summed E-state index contributed by atoms with van der Waals surface area (Å²) in [6, 6.07) is 20.2. The van der Waals surface area contributed by atoms with Gasteiger partial charge in [-0.15, -0.1) is 0 Å². The van der Waals surface area contributed by atoms with Gasteiger partial charge in [-0.05, 0) is 99.1 Å². The molecule has 5 rings (SSSR count). The predicted molar refractivity (Wildman–Crippen MR) is 157 cm³/mol. The van der Waals surface area contributed by atoms with Gasteiger partial charge < -0.3 is 20.1 Å². The molecule has 4 aromatic rings. The number of nitrogens with one attached hydrogen (secondary N) is 2. The number of amides is 1. The largest absolute Gasteiger partial charge is 0.352 e. The maximum atomic E-state index is 14.1. The van der Waals surface area contributed by atoms with E-state index in [1.54, 1.807) is 12.3 Å². The van der Waals surface area contributed by atoms with E-state index in [-0.39, 0.29) is 30.2 Å². The van der Waals surface area contributed by atoms with Crippen LogP contribution in [0, 0.1) is 33.5 Å². The number of aryl methyl sites for hydroxylation is 3. The van der Waals surface area contributed by atoms with Crippen molar-refractivity contribution >= 4 is 28.9 Å². The van der Waals surface area contributed by atoms with E-state index < -0.39 is 0 Å². The van der Waals surface area contributed by atoms with Crippen molar-refractivity contribution in [3.8, 4) is 5.69 Å². The Bertz CT molecular complexity index is 1530. The lowest BCUT2D eigenvalue weighted by Crippen LogP contribution is -2.33. The van der Waals surface area contributed by atoms with Gasteiger partial charge in [0.15, 0.2) is 5.11 Å². The van der Waals surface area contributed by atoms with E-state index in [9.17, 15) is 9.18 Å². The fourth-order valence-corrected chi connectivity index (χ4v) is 5.72. The number of carbonyl (C=O) groups is 1. The predicted octanol–water partition coefficient (Wildman–Crippen LogP) is 6.25. The molecule has 3 heterocycles. The van der Waals surface area contributed by atoms with Crippen molar-refractivity contribution in [3.05, 3.63) is 113 Å². The minimum Gasteiger partial charge on any atom is -0.352 e. The molecule has 0 radical (unpaired) electrons. The maximum absolute atomic E-state index is 14.1. The van der Waals surface area contributed by atoms with Gasteiger partial charge in [0, 0.05) is 41.9 Å². The van der Waals surface area contributed by atoms with E-state index in [0.29, 0.717) is 11.7 Å². The minimum atomic E-state index is -0.284. The molecule has 39 heavy (non-hydrogen) atoms. The third-order valence-corrected chi connectivity index (χ3v) is 7.65. The molecule has 8 heteroatoms. The summed E-state index contributed by atoms with van der Waals surface area (Å²) in [5, 5.41) is 7.09. The molecule has 0 saturated carbocycles. The van der Waals surface area contributed by atoms with Gasteiger partial charge >= 0.3 is 0 Å². The van der Waals surface area contributed by atoms with Crippen LogP contribution in [-0.2, 0) is 4.79 Å². The topological polar surface area (TPSA) is 62.2 Å². The van der Waals surface area contributed by atoms with Crippen LogP contribution in [0.1, 0.15) is 52.3 Å². The van der Waals surface area contributed by atoms with Crippen LogP contribution < -0.4 is 10.6 Å². The highest BCUT2D eigenvalue weighted by atomic mass is 32.1. The van der Waals surface area contributed by atoms with Crippen molar-refractivity contribution in [2.75, 3.05) is 11.9 Å². The number of hydrogen-bond donors (Lipinski definition) is 2. The van der Waals surface area contributed by atoms with Gasteiger partial charge in [-0.2, -0.15) is 0 Å². The molecule has 0 spiro atoms. The second-order valence-corrected chi connectivity index (χ2v) is 10.5. The first-order valence-corrected chi connectivity index (χ1v) is 13.4. The number of hydrogen-bond acceptors (Lipinski definition) is 3. The summed E-state index contributed by atoms with van der Waals surface area (Å²) in [6.07, 6.45) is 2.04. The third kappa shape index (κ3) is 5.43. The number of nitrogens with zero attached hydrogens (tertiary/aromatic N) is 3. The maximum Gasteiger partial charge on any atom is 0.226 e. The summed E-state index contributed by atoms with van der Waals surface area (Å²) in [4.78, 5) is 19.7. The molecule has 2 atom stereocenters. The van der Waals surface area contributed by atoms with E-state index in [2.05, 4.69) is 31.2 Å². The zero-order valence-electron chi connectivity index (χ0n) is 22.5. The average molecular weight is 542 g/mol. The Kier molecular flexibility index (Phi) is 7.48. The molecular weight excluding hydrogens is 509 g/mol. The first-order valence-electron chi connectivity index (χ1n) is 13.0. The number of halogens is 1. The van der Waals surface area contributed by atoms with Crippen molar-refractivity contribution in [1.29, 1.82) is 0 Å². The molecule has 0 bridgehead atoms. The third-order valence-electron chi connectivity index (χ3n) is 7.30. The second kappa shape index (κ2) is 11.0. The van der Waals surface area contributed by atoms with Crippen molar-refractivity contribution in [3.63, 3.8) is 0 Å². The summed E-state index contributed by atoms with van der Waals surface area (Å²) in [6.45, 7) is 8.47. The first-order chi connectivity index (χ1) is 18.7. The second-order valence-electron chi connectivity index (χ2n) is 10.1. The first kappa shape index (κ1) is 26.6. The Morgan fingerprint density at radius 1 is 1.05 bits per heavy atom. The Morgan fingerprint density at radius 3 is 2.62 bits per heavy atom. The van der Waals surface area contributed by atoms with Crippen LogP contribution in [0.4, 0.5) is 10.1 Å². The SMILES string of the molecule is Cc1ccc(C)c(NC(=O)CCN2C(=S)N[C@H](c3ccccn3)[C@H]2c2cc(C)n(-c3cccc(F)c3)c2C)c1. The van der Waals surface area contributed by atoms with Gasteiger partial charge in [0.1, 0.15) is 5.82 Å². The Labute approximate surface area is 233 Å². The lowest BCUT2D eigenvalue weighted by atomic mass is 9.96. The minimum absolute atomic E-state index is 0.0724. The van der Waals surface area contributed by atoms with Crippen molar-refractivity contribution in [1.82, 2.24) is 19.8 Å². The number of aromatic nitrogens is 2. The van der Waals surface area contributed by atoms with E-state index in [0.717, 1.165) is 45.1 Å². The Hall–Kier alpha value is -4.04. The average Bonchev–Trinajstić information content (AvgIpc) is 3.39. The summed E-state index contributed by atoms with van der Waals surface area (Å²) >= 11 is 5.81. The summed E-state index contributed by atoms with van der Waals surface area (Å²) in [7, 11) is 0. The molecular formula is C31H32FN5OS. The van der Waals surface area contributed by atoms with Crippen molar-refractivity contribution < 1.29 is 9.18 Å². The molecule has 6 nitrogen and oxygen atoms in total. The van der Waals surface area contributed by atoms with E-state index in [4.69, 9.17) is 12.2 Å². The zero-order chi connectivity index (χ0) is 27.7. The van der Waals surface area contributed by atoms with Crippen LogP contribution in [0.15, 0.2) is 72.9 Å². The van der Waals surface area contributed by atoms with Crippen LogP contribution in [-0.4, -0.2) is 32.0 Å². The quantitative estimate of drug-likeness (QED) is 0.271. The molecule has 200 valence electrons. The van der Waals surface area contributed by atoms with Crippen LogP contribution in [0.25, 0.3) is 5.69 Å². The number of carbonyl (C=O) groups excluding carboxylic acids is 1. The van der Waals surface area contributed by atoms with Gasteiger partial charge in [0.2, 0.25) is 5.91 Å².